The first-order valence-electron chi connectivity index (χ1n) is 6.71. The molecule has 0 bridgehead atoms. The summed E-state index contributed by atoms with van der Waals surface area (Å²) in [5.41, 5.74) is 1.14. The third-order valence-electron chi connectivity index (χ3n) is 3.60. The number of rotatable bonds is 3. The second kappa shape index (κ2) is 5.40. The van der Waals surface area contributed by atoms with Crippen molar-refractivity contribution in [3.63, 3.8) is 0 Å². The first kappa shape index (κ1) is 13.4. The number of carboxylic acid groups (broad SMARTS) is 1. The zero-order valence-corrected chi connectivity index (χ0v) is 11.2. The van der Waals surface area contributed by atoms with E-state index >= 15 is 0 Å². The molecule has 6 nitrogen and oxygen atoms in total. The minimum Gasteiger partial charge on any atom is -0.478 e. The standard InChI is InChI=1S/C15H14N2O4/c18-14(12-8-9(15(19)20)4-6-16-12)17-11-2-1-3-13-10(11)5-7-21-13/h4-8,11H,1-3H2,(H,17,18)(H,19,20). The Morgan fingerprint density at radius 2 is 2.24 bits per heavy atom. The minimum atomic E-state index is -1.08. The lowest BCUT2D eigenvalue weighted by Gasteiger charge is -2.22. The zero-order valence-electron chi connectivity index (χ0n) is 11.2. The van der Waals surface area contributed by atoms with Crippen LogP contribution in [0.4, 0.5) is 0 Å². The van der Waals surface area contributed by atoms with E-state index in [1.165, 1.54) is 18.3 Å². The van der Waals surface area contributed by atoms with Gasteiger partial charge in [-0.15, -0.1) is 0 Å². The Bertz CT molecular complexity index is 692. The van der Waals surface area contributed by atoms with Gasteiger partial charge in [-0.05, 0) is 31.0 Å². The maximum absolute atomic E-state index is 12.2. The van der Waals surface area contributed by atoms with E-state index in [0.717, 1.165) is 30.6 Å². The van der Waals surface area contributed by atoms with E-state index in [0.29, 0.717) is 0 Å². The molecule has 0 saturated heterocycles. The fourth-order valence-corrected chi connectivity index (χ4v) is 2.56. The van der Waals surface area contributed by atoms with Crippen LogP contribution in [0.5, 0.6) is 0 Å². The number of aromatic nitrogens is 1. The van der Waals surface area contributed by atoms with Gasteiger partial charge in [0.05, 0.1) is 17.9 Å². The Labute approximate surface area is 120 Å². The highest BCUT2D eigenvalue weighted by atomic mass is 16.4. The van der Waals surface area contributed by atoms with Crippen molar-refractivity contribution in [3.05, 3.63) is 53.2 Å². The lowest BCUT2D eigenvalue weighted by molar-refractivity contribution is 0.0696. The van der Waals surface area contributed by atoms with Crippen LogP contribution in [0.1, 0.15) is 51.1 Å². The summed E-state index contributed by atoms with van der Waals surface area (Å²) in [6.07, 6.45) is 5.59. The molecular weight excluding hydrogens is 272 g/mol. The van der Waals surface area contributed by atoms with E-state index in [-0.39, 0.29) is 23.2 Å². The number of carboxylic acids is 1. The molecule has 0 fully saturated rings. The quantitative estimate of drug-likeness (QED) is 0.902. The summed E-state index contributed by atoms with van der Waals surface area (Å²) in [4.78, 5) is 27.1. The molecule has 21 heavy (non-hydrogen) atoms. The SMILES string of the molecule is O=C(O)c1ccnc(C(=O)NC2CCCc3occc32)c1. The van der Waals surface area contributed by atoms with Crippen molar-refractivity contribution in [1.82, 2.24) is 10.3 Å². The van der Waals surface area contributed by atoms with Gasteiger partial charge in [0.25, 0.3) is 5.91 Å². The van der Waals surface area contributed by atoms with Gasteiger partial charge in [-0.1, -0.05) is 0 Å². The molecule has 1 unspecified atom stereocenters. The van der Waals surface area contributed by atoms with Crippen molar-refractivity contribution in [2.24, 2.45) is 0 Å². The normalized spacial score (nSPS) is 17.0. The highest BCUT2D eigenvalue weighted by Crippen LogP contribution is 2.30. The fraction of sp³-hybridized carbons (Fsp3) is 0.267. The molecule has 1 atom stereocenters. The summed E-state index contributed by atoms with van der Waals surface area (Å²) in [5.74, 6) is -0.558. The Morgan fingerprint density at radius 3 is 3.05 bits per heavy atom. The second-order valence-electron chi connectivity index (χ2n) is 4.95. The lowest BCUT2D eigenvalue weighted by Crippen LogP contribution is -2.31. The van der Waals surface area contributed by atoms with Crippen molar-refractivity contribution in [3.8, 4) is 0 Å². The summed E-state index contributed by atoms with van der Waals surface area (Å²) in [6.45, 7) is 0. The molecule has 0 radical (unpaired) electrons. The molecule has 2 aromatic heterocycles. The van der Waals surface area contributed by atoms with Crippen molar-refractivity contribution < 1.29 is 19.1 Å². The third-order valence-corrected chi connectivity index (χ3v) is 3.60. The van der Waals surface area contributed by atoms with Crippen molar-refractivity contribution in [2.75, 3.05) is 0 Å². The number of aromatic carboxylic acids is 1. The van der Waals surface area contributed by atoms with E-state index in [1.54, 1.807) is 6.26 Å². The van der Waals surface area contributed by atoms with Crippen LogP contribution in [-0.4, -0.2) is 22.0 Å². The number of furan rings is 1. The number of amides is 1. The van der Waals surface area contributed by atoms with Gasteiger partial charge >= 0.3 is 5.97 Å². The molecule has 2 N–H and O–H groups in total. The Kier molecular flexibility index (Phi) is 3.43. The smallest absolute Gasteiger partial charge is 0.335 e. The molecule has 1 amide bonds. The van der Waals surface area contributed by atoms with Crippen LogP contribution in [0.2, 0.25) is 0 Å². The van der Waals surface area contributed by atoms with Crippen LogP contribution < -0.4 is 5.32 Å². The van der Waals surface area contributed by atoms with Crippen LogP contribution in [-0.2, 0) is 6.42 Å². The van der Waals surface area contributed by atoms with Gasteiger partial charge in [0, 0.05) is 18.2 Å². The van der Waals surface area contributed by atoms with Crippen LogP contribution in [0, 0.1) is 0 Å². The molecule has 6 heteroatoms. The van der Waals surface area contributed by atoms with E-state index in [1.807, 2.05) is 6.07 Å². The number of hydrogen-bond donors (Lipinski definition) is 2. The molecule has 1 aliphatic rings. The molecular formula is C15H14N2O4. The molecule has 2 heterocycles. The highest BCUT2D eigenvalue weighted by Gasteiger charge is 2.24. The number of pyridine rings is 1. The number of fused-ring (bicyclic) bond motifs is 1. The van der Waals surface area contributed by atoms with Gasteiger partial charge in [0.15, 0.2) is 0 Å². The topological polar surface area (TPSA) is 92.4 Å². The van der Waals surface area contributed by atoms with Crippen LogP contribution in [0.15, 0.2) is 35.1 Å². The summed E-state index contributed by atoms with van der Waals surface area (Å²) in [5, 5.41) is 11.8. The molecule has 1 aliphatic carbocycles. The number of hydrogen-bond acceptors (Lipinski definition) is 4. The summed E-state index contributed by atoms with van der Waals surface area (Å²) >= 11 is 0. The van der Waals surface area contributed by atoms with Gasteiger partial charge < -0.3 is 14.8 Å². The molecule has 0 aliphatic heterocycles. The first-order chi connectivity index (χ1) is 10.1. The maximum Gasteiger partial charge on any atom is 0.335 e. The number of carbonyl (C=O) groups excluding carboxylic acids is 1. The van der Waals surface area contributed by atoms with Crippen LogP contribution >= 0.6 is 0 Å². The van der Waals surface area contributed by atoms with Gasteiger partial charge in [-0.3, -0.25) is 9.78 Å². The summed E-state index contributed by atoms with van der Waals surface area (Å²) in [6, 6.07) is 4.38. The fourth-order valence-electron chi connectivity index (χ4n) is 2.56. The maximum atomic E-state index is 12.2. The number of carbonyl (C=O) groups is 2. The Hall–Kier alpha value is -2.63. The van der Waals surface area contributed by atoms with Crippen molar-refractivity contribution in [2.45, 2.75) is 25.3 Å². The molecule has 3 rings (SSSR count). The van der Waals surface area contributed by atoms with Gasteiger partial charge in [-0.25, -0.2) is 4.79 Å². The number of nitrogens with zero attached hydrogens (tertiary/aromatic N) is 1. The molecule has 2 aromatic rings. The van der Waals surface area contributed by atoms with Crippen LogP contribution in [0.25, 0.3) is 0 Å². The zero-order chi connectivity index (χ0) is 14.8. The predicted octanol–water partition coefficient (Wildman–Crippen LogP) is 2.18. The van der Waals surface area contributed by atoms with Gasteiger partial charge in [-0.2, -0.15) is 0 Å². The first-order valence-corrected chi connectivity index (χ1v) is 6.71. The second-order valence-corrected chi connectivity index (χ2v) is 4.95. The van der Waals surface area contributed by atoms with Gasteiger partial charge in [0.1, 0.15) is 11.5 Å². The average molecular weight is 286 g/mol. The minimum absolute atomic E-state index is 0.0443. The number of aryl methyl sites for hydroxylation is 1. The van der Waals surface area contributed by atoms with Crippen LogP contribution in [0.3, 0.4) is 0 Å². The third kappa shape index (κ3) is 2.65. The summed E-state index contributed by atoms with van der Waals surface area (Å²) < 4.78 is 5.38. The van der Waals surface area contributed by atoms with Crippen molar-refractivity contribution >= 4 is 11.9 Å². The number of nitrogens with one attached hydrogen (secondary N) is 1. The Morgan fingerprint density at radius 1 is 1.38 bits per heavy atom. The lowest BCUT2D eigenvalue weighted by atomic mass is 9.93. The monoisotopic (exact) mass is 286 g/mol. The largest absolute Gasteiger partial charge is 0.478 e. The van der Waals surface area contributed by atoms with E-state index in [9.17, 15) is 9.59 Å². The highest BCUT2D eigenvalue weighted by molar-refractivity contribution is 5.96. The average Bonchev–Trinajstić information content (AvgIpc) is 2.97. The van der Waals surface area contributed by atoms with E-state index in [4.69, 9.17) is 9.52 Å². The van der Waals surface area contributed by atoms with Gasteiger partial charge in [0.2, 0.25) is 0 Å². The molecule has 0 aromatic carbocycles. The van der Waals surface area contributed by atoms with Crippen molar-refractivity contribution in [1.29, 1.82) is 0 Å². The van der Waals surface area contributed by atoms with E-state index < -0.39 is 5.97 Å². The molecule has 0 saturated carbocycles. The molecule has 0 spiro atoms. The summed E-state index contributed by atoms with van der Waals surface area (Å²) in [7, 11) is 0. The van der Waals surface area contributed by atoms with E-state index in [2.05, 4.69) is 10.3 Å². The predicted molar refractivity (Wildman–Crippen MR) is 73.0 cm³/mol. The molecule has 108 valence electrons. The Balaban J connectivity index is 1.79.